The first-order valence-corrected chi connectivity index (χ1v) is 7.59. The number of aliphatic carboxylic acids is 1. The fraction of sp³-hybridized carbons (Fsp3) is 0.529. The Hall–Kier alpha value is -2.08. The van der Waals surface area contributed by atoms with Crippen molar-refractivity contribution in [2.75, 3.05) is 20.3 Å². The molecule has 1 aromatic rings. The molecule has 1 aliphatic carbocycles. The smallest absolute Gasteiger partial charge is 0.307 e. The van der Waals surface area contributed by atoms with Crippen molar-refractivity contribution in [3.8, 4) is 5.75 Å². The molecule has 0 aliphatic heterocycles. The van der Waals surface area contributed by atoms with Crippen LogP contribution in [0.15, 0.2) is 24.3 Å². The fourth-order valence-corrected chi connectivity index (χ4v) is 2.83. The van der Waals surface area contributed by atoms with Gasteiger partial charge < -0.3 is 19.9 Å². The minimum Gasteiger partial charge on any atom is -0.491 e. The number of carboxylic acids is 1. The van der Waals surface area contributed by atoms with Crippen LogP contribution in [0.5, 0.6) is 5.75 Å². The average Bonchev–Trinajstić information content (AvgIpc) is 3.09. The monoisotopic (exact) mass is 321 g/mol. The highest BCUT2D eigenvalue weighted by Gasteiger charge is 2.65. The van der Waals surface area contributed by atoms with E-state index in [1.807, 2.05) is 38.1 Å². The maximum Gasteiger partial charge on any atom is 0.307 e. The number of hydrogen-bond donors (Lipinski definition) is 2. The molecular formula is C17H23NO5. The third kappa shape index (κ3) is 4.01. The largest absolute Gasteiger partial charge is 0.491 e. The third-order valence-corrected chi connectivity index (χ3v) is 4.32. The van der Waals surface area contributed by atoms with Crippen LogP contribution >= 0.6 is 0 Å². The van der Waals surface area contributed by atoms with Crippen LogP contribution < -0.4 is 10.1 Å². The molecule has 23 heavy (non-hydrogen) atoms. The quantitative estimate of drug-likeness (QED) is 0.712. The molecule has 1 saturated carbocycles. The van der Waals surface area contributed by atoms with Gasteiger partial charge in [0.05, 0.1) is 18.4 Å². The molecule has 2 rings (SSSR count). The van der Waals surface area contributed by atoms with E-state index in [0.29, 0.717) is 19.8 Å². The van der Waals surface area contributed by atoms with E-state index in [1.54, 1.807) is 7.11 Å². The normalized spacial score (nSPS) is 21.5. The van der Waals surface area contributed by atoms with Gasteiger partial charge in [0.1, 0.15) is 12.4 Å². The highest BCUT2D eigenvalue weighted by Crippen LogP contribution is 2.58. The summed E-state index contributed by atoms with van der Waals surface area (Å²) in [6, 6.07) is 7.40. The minimum absolute atomic E-state index is 0.206. The molecule has 2 N–H and O–H groups in total. The second-order valence-corrected chi connectivity index (χ2v) is 6.32. The first-order chi connectivity index (χ1) is 10.9. The Morgan fingerprint density at radius 1 is 1.17 bits per heavy atom. The summed E-state index contributed by atoms with van der Waals surface area (Å²) in [5.41, 5.74) is 0.456. The van der Waals surface area contributed by atoms with E-state index in [-0.39, 0.29) is 5.91 Å². The van der Waals surface area contributed by atoms with Crippen LogP contribution in [0.2, 0.25) is 0 Å². The SMILES string of the molecule is COCCOc1ccc(CNC(=O)[C@@H]2[C@H](C(=O)O)C2(C)C)cc1. The number of carboxylic acid groups (broad SMARTS) is 1. The first-order valence-electron chi connectivity index (χ1n) is 7.59. The molecule has 6 nitrogen and oxygen atoms in total. The lowest BCUT2D eigenvalue weighted by molar-refractivity contribution is -0.140. The molecule has 0 unspecified atom stereocenters. The number of hydrogen-bond acceptors (Lipinski definition) is 4. The van der Waals surface area contributed by atoms with Crippen LogP contribution in [0.3, 0.4) is 0 Å². The molecule has 0 spiro atoms. The number of rotatable bonds is 8. The van der Waals surface area contributed by atoms with Crippen molar-refractivity contribution >= 4 is 11.9 Å². The van der Waals surface area contributed by atoms with Crippen LogP contribution in [0.1, 0.15) is 19.4 Å². The maximum absolute atomic E-state index is 12.1. The number of amides is 1. The molecule has 1 fully saturated rings. The molecule has 0 bridgehead atoms. The molecule has 126 valence electrons. The second-order valence-electron chi connectivity index (χ2n) is 6.32. The summed E-state index contributed by atoms with van der Waals surface area (Å²) in [7, 11) is 1.62. The Morgan fingerprint density at radius 2 is 1.83 bits per heavy atom. The second kappa shape index (κ2) is 7.00. The number of ether oxygens (including phenoxy) is 2. The molecule has 0 aromatic heterocycles. The molecule has 0 heterocycles. The topological polar surface area (TPSA) is 84.9 Å². The number of carbonyl (C=O) groups excluding carboxylic acids is 1. The molecule has 6 heteroatoms. The number of benzene rings is 1. The van der Waals surface area contributed by atoms with E-state index in [1.165, 1.54) is 0 Å². The molecule has 1 amide bonds. The van der Waals surface area contributed by atoms with Crippen molar-refractivity contribution in [3.63, 3.8) is 0 Å². The summed E-state index contributed by atoms with van der Waals surface area (Å²) in [6.45, 7) is 5.00. The van der Waals surface area contributed by atoms with Gasteiger partial charge in [0.15, 0.2) is 0 Å². The van der Waals surface area contributed by atoms with Crippen molar-refractivity contribution < 1.29 is 24.2 Å². The van der Waals surface area contributed by atoms with Gasteiger partial charge in [-0.25, -0.2) is 0 Å². The van der Waals surface area contributed by atoms with Crippen LogP contribution in [-0.2, 0) is 20.9 Å². The Balaban J connectivity index is 1.82. The van der Waals surface area contributed by atoms with E-state index < -0.39 is 23.2 Å². The van der Waals surface area contributed by atoms with Crippen molar-refractivity contribution in [2.24, 2.45) is 17.3 Å². The summed E-state index contributed by atoms with van der Waals surface area (Å²) in [4.78, 5) is 23.2. The number of nitrogens with one attached hydrogen (secondary N) is 1. The summed E-state index contributed by atoms with van der Waals surface area (Å²) in [5, 5.41) is 11.9. The van der Waals surface area contributed by atoms with Gasteiger partial charge in [-0.3, -0.25) is 9.59 Å². The molecule has 1 aliphatic rings. The van der Waals surface area contributed by atoms with Crippen LogP contribution in [0.25, 0.3) is 0 Å². The first kappa shape index (κ1) is 17.3. The molecule has 0 saturated heterocycles. The van der Waals surface area contributed by atoms with Crippen LogP contribution in [0, 0.1) is 17.3 Å². The van der Waals surface area contributed by atoms with Crippen molar-refractivity contribution in [1.29, 1.82) is 0 Å². The van der Waals surface area contributed by atoms with Gasteiger partial charge >= 0.3 is 5.97 Å². The Morgan fingerprint density at radius 3 is 2.35 bits per heavy atom. The fourth-order valence-electron chi connectivity index (χ4n) is 2.83. The summed E-state index contributed by atoms with van der Waals surface area (Å²) >= 11 is 0. The van der Waals surface area contributed by atoms with E-state index in [2.05, 4.69) is 5.32 Å². The lowest BCUT2D eigenvalue weighted by Gasteiger charge is -2.08. The standard InChI is InChI=1S/C17H23NO5/c1-17(2)13(14(17)16(20)21)15(19)18-10-11-4-6-12(7-5-11)23-9-8-22-3/h4-7,13-14H,8-10H2,1-3H3,(H,18,19)(H,20,21)/t13-,14+/m0/s1. The Labute approximate surface area is 135 Å². The van der Waals surface area contributed by atoms with Gasteiger partial charge in [0.2, 0.25) is 5.91 Å². The van der Waals surface area contributed by atoms with Gasteiger partial charge in [-0.15, -0.1) is 0 Å². The van der Waals surface area contributed by atoms with E-state index in [4.69, 9.17) is 14.6 Å². The highest BCUT2D eigenvalue weighted by atomic mass is 16.5. The zero-order chi connectivity index (χ0) is 17.0. The summed E-state index contributed by atoms with van der Waals surface area (Å²) < 4.78 is 10.4. The van der Waals surface area contributed by atoms with Crippen molar-refractivity contribution in [3.05, 3.63) is 29.8 Å². The van der Waals surface area contributed by atoms with Gasteiger partial charge in [-0.1, -0.05) is 26.0 Å². The Kier molecular flexibility index (Phi) is 5.26. The zero-order valence-electron chi connectivity index (χ0n) is 13.7. The molecule has 2 atom stereocenters. The highest BCUT2D eigenvalue weighted by molar-refractivity contribution is 5.91. The van der Waals surface area contributed by atoms with Gasteiger partial charge in [0, 0.05) is 13.7 Å². The summed E-state index contributed by atoms with van der Waals surface area (Å²) in [6.07, 6.45) is 0. The zero-order valence-corrected chi connectivity index (χ0v) is 13.7. The lowest BCUT2D eigenvalue weighted by atomic mass is 10.1. The van der Waals surface area contributed by atoms with Gasteiger partial charge in [-0.05, 0) is 23.1 Å². The van der Waals surface area contributed by atoms with E-state index in [9.17, 15) is 9.59 Å². The predicted molar refractivity (Wildman–Crippen MR) is 84.1 cm³/mol. The molecule has 1 aromatic carbocycles. The Bertz CT molecular complexity index is 567. The van der Waals surface area contributed by atoms with Crippen LogP contribution in [0.4, 0.5) is 0 Å². The number of carbonyl (C=O) groups is 2. The molecule has 0 radical (unpaired) electrons. The average molecular weight is 321 g/mol. The van der Waals surface area contributed by atoms with Gasteiger partial charge in [-0.2, -0.15) is 0 Å². The number of methoxy groups -OCH3 is 1. The predicted octanol–water partition coefficient (Wildman–Crippen LogP) is 1.68. The summed E-state index contributed by atoms with van der Waals surface area (Å²) in [5.74, 6) is -1.43. The van der Waals surface area contributed by atoms with Crippen molar-refractivity contribution in [2.45, 2.75) is 20.4 Å². The minimum atomic E-state index is -0.910. The lowest BCUT2D eigenvalue weighted by Crippen LogP contribution is -2.26. The maximum atomic E-state index is 12.1. The van der Waals surface area contributed by atoms with Crippen molar-refractivity contribution in [1.82, 2.24) is 5.32 Å². The third-order valence-electron chi connectivity index (χ3n) is 4.32. The van der Waals surface area contributed by atoms with E-state index in [0.717, 1.165) is 11.3 Å². The van der Waals surface area contributed by atoms with E-state index >= 15 is 0 Å². The molecular weight excluding hydrogens is 298 g/mol. The van der Waals surface area contributed by atoms with Crippen LogP contribution in [-0.4, -0.2) is 37.3 Å². The van der Waals surface area contributed by atoms with Gasteiger partial charge in [0.25, 0.3) is 0 Å².